The molecule has 0 amide bonds. The minimum Gasteiger partial charge on any atom is -0.296 e. The van der Waals surface area contributed by atoms with E-state index < -0.39 is 0 Å². The van der Waals surface area contributed by atoms with Crippen LogP contribution in [0.2, 0.25) is 10.0 Å². The summed E-state index contributed by atoms with van der Waals surface area (Å²) in [5.41, 5.74) is 3.51. The van der Waals surface area contributed by atoms with E-state index in [-0.39, 0.29) is 5.56 Å². The Morgan fingerprint density at radius 1 is 1.07 bits per heavy atom. The van der Waals surface area contributed by atoms with E-state index >= 15 is 0 Å². The minimum absolute atomic E-state index is 0.0713. The second-order valence-electron chi connectivity index (χ2n) is 6.60. The molecule has 28 heavy (non-hydrogen) atoms. The second-order valence-corrected chi connectivity index (χ2v) is 8.28. The molecule has 0 atom stereocenters. The van der Waals surface area contributed by atoms with Gasteiger partial charge in [-0.25, -0.2) is 4.98 Å². The number of rotatable bonds is 5. The fourth-order valence-corrected chi connectivity index (χ4v) is 4.52. The van der Waals surface area contributed by atoms with Crippen molar-refractivity contribution in [2.45, 2.75) is 13.1 Å². The largest absolute Gasteiger partial charge is 0.296 e. The number of aromatic nitrogens is 2. The molecular formula is C21H17Cl2N3OS. The highest BCUT2D eigenvalue weighted by molar-refractivity contribution is 7.15. The summed E-state index contributed by atoms with van der Waals surface area (Å²) < 4.78 is 1.67. The molecule has 142 valence electrons. The van der Waals surface area contributed by atoms with Crippen molar-refractivity contribution >= 4 is 39.5 Å². The maximum absolute atomic E-state index is 12.8. The molecule has 2 heterocycles. The number of fused-ring (bicyclic) bond motifs is 1. The van der Waals surface area contributed by atoms with Crippen molar-refractivity contribution in [3.63, 3.8) is 0 Å². The van der Waals surface area contributed by atoms with Crippen molar-refractivity contribution in [3.8, 4) is 11.3 Å². The Morgan fingerprint density at radius 3 is 2.61 bits per heavy atom. The van der Waals surface area contributed by atoms with Crippen LogP contribution in [-0.2, 0) is 13.1 Å². The smallest absolute Gasteiger partial charge is 0.259 e. The molecule has 0 bridgehead atoms. The summed E-state index contributed by atoms with van der Waals surface area (Å²) in [7, 11) is 1.97. The van der Waals surface area contributed by atoms with Gasteiger partial charge >= 0.3 is 0 Å². The Morgan fingerprint density at radius 2 is 1.86 bits per heavy atom. The third-order valence-electron chi connectivity index (χ3n) is 4.41. The lowest BCUT2D eigenvalue weighted by Gasteiger charge is -2.17. The van der Waals surface area contributed by atoms with E-state index in [0.29, 0.717) is 28.1 Å². The first-order chi connectivity index (χ1) is 13.5. The number of hydrogen-bond donors (Lipinski definition) is 0. The van der Waals surface area contributed by atoms with Gasteiger partial charge in [0.05, 0.1) is 11.4 Å². The number of nitrogens with zero attached hydrogens (tertiary/aromatic N) is 3. The first kappa shape index (κ1) is 19.2. The molecule has 0 aliphatic carbocycles. The summed E-state index contributed by atoms with van der Waals surface area (Å²) in [4.78, 5) is 20.2. The van der Waals surface area contributed by atoms with E-state index in [9.17, 15) is 4.79 Å². The molecule has 4 nitrogen and oxygen atoms in total. The molecular weight excluding hydrogens is 413 g/mol. The molecule has 0 aliphatic rings. The first-order valence-corrected chi connectivity index (χ1v) is 10.3. The van der Waals surface area contributed by atoms with E-state index in [1.54, 1.807) is 16.5 Å². The second kappa shape index (κ2) is 8.05. The van der Waals surface area contributed by atoms with Crippen LogP contribution >= 0.6 is 34.5 Å². The zero-order valence-corrected chi connectivity index (χ0v) is 17.4. The van der Waals surface area contributed by atoms with Gasteiger partial charge in [-0.15, -0.1) is 11.3 Å². The van der Waals surface area contributed by atoms with Crippen LogP contribution in [0.5, 0.6) is 0 Å². The maximum Gasteiger partial charge on any atom is 0.259 e. The normalized spacial score (nSPS) is 11.4. The number of thiazole rings is 1. The third kappa shape index (κ3) is 3.98. The molecule has 2 aromatic carbocycles. The number of halogens is 2. The molecule has 2 aromatic heterocycles. The highest BCUT2D eigenvalue weighted by Crippen LogP contribution is 2.25. The molecule has 0 radical (unpaired) electrons. The van der Waals surface area contributed by atoms with Gasteiger partial charge in [0.15, 0.2) is 4.96 Å². The fourth-order valence-electron chi connectivity index (χ4n) is 3.13. The van der Waals surface area contributed by atoms with Crippen LogP contribution in [0.3, 0.4) is 0 Å². The van der Waals surface area contributed by atoms with Crippen LogP contribution in [-0.4, -0.2) is 21.3 Å². The minimum atomic E-state index is -0.0713. The van der Waals surface area contributed by atoms with Crippen LogP contribution in [0.15, 0.2) is 64.8 Å². The number of hydrogen-bond acceptors (Lipinski definition) is 4. The van der Waals surface area contributed by atoms with Crippen molar-refractivity contribution in [1.29, 1.82) is 0 Å². The van der Waals surface area contributed by atoms with Gasteiger partial charge in [0, 0.05) is 34.6 Å². The highest BCUT2D eigenvalue weighted by Gasteiger charge is 2.12. The van der Waals surface area contributed by atoms with Gasteiger partial charge in [-0.1, -0.05) is 59.6 Å². The zero-order valence-electron chi connectivity index (χ0n) is 15.1. The van der Waals surface area contributed by atoms with Gasteiger partial charge in [-0.05, 0) is 30.3 Å². The maximum atomic E-state index is 12.8. The highest BCUT2D eigenvalue weighted by atomic mass is 35.5. The van der Waals surface area contributed by atoms with Gasteiger partial charge in [-0.3, -0.25) is 14.1 Å². The fraction of sp³-hybridized carbons (Fsp3) is 0.143. The Hall–Kier alpha value is -2.18. The predicted molar refractivity (Wildman–Crippen MR) is 116 cm³/mol. The number of benzene rings is 2. The Labute approximate surface area is 176 Å². The first-order valence-electron chi connectivity index (χ1n) is 8.69. The van der Waals surface area contributed by atoms with Gasteiger partial charge in [-0.2, -0.15) is 0 Å². The van der Waals surface area contributed by atoms with Crippen molar-refractivity contribution in [3.05, 3.63) is 91.6 Å². The van der Waals surface area contributed by atoms with Crippen molar-refractivity contribution in [2.75, 3.05) is 7.05 Å². The zero-order chi connectivity index (χ0) is 19.7. The molecule has 0 saturated heterocycles. The topological polar surface area (TPSA) is 37.6 Å². The molecule has 4 aromatic rings. The monoisotopic (exact) mass is 429 g/mol. The summed E-state index contributed by atoms with van der Waals surface area (Å²) in [5.74, 6) is 0. The molecule has 0 fully saturated rings. The van der Waals surface area contributed by atoms with Crippen LogP contribution in [0.4, 0.5) is 0 Å². The van der Waals surface area contributed by atoms with E-state index in [1.165, 1.54) is 11.3 Å². The van der Waals surface area contributed by atoms with E-state index in [0.717, 1.165) is 22.5 Å². The average molecular weight is 430 g/mol. The lowest BCUT2D eigenvalue weighted by atomic mass is 10.2. The Bertz CT molecular complexity index is 1190. The Balaban J connectivity index is 1.59. The van der Waals surface area contributed by atoms with E-state index in [1.807, 2.05) is 54.9 Å². The standard InChI is InChI=1S/C21H17Cl2N3OS/c1-25(11-15-7-8-16(22)9-18(15)23)12-17-10-20(27)26-19(13-28-21(26)24-17)14-5-3-2-4-6-14/h2-10,13H,11-12H2,1H3. The van der Waals surface area contributed by atoms with Gasteiger partial charge in [0.25, 0.3) is 5.56 Å². The van der Waals surface area contributed by atoms with Crippen LogP contribution < -0.4 is 5.56 Å². The van der Waals surface area contributed by atoms with E-state index in [4.69, 9.17) is 23.2 Å². The van der Waals surface area contributed by atoms with Crippen molar-refractivity contribution < 1.29 is 0 Å². The lowest BCUT2D eigenvalue weighted by Crippen LogP contribution is -2.21. The SMILES string of the molecule is CN(Cc1cc(=O)n2c(-c3ccccc3)csc2n1)Cc1ccc(Cl)cc1Cl. The summed E-state index contributed by atoms with van der Waals surface area (Å²) in [6.45, 7) is 1.18. The van der Waals surface area contributed by atoms with Crippen LogP contribution in [0.25, 0.3) is 16.2 Å². The van der Waals surface area contributed by atoms with Gasteiger partial charge in [0.2, 0.25) is 0 Å². The molecule has 7 heteroatoms. The molecule has 0 unspecified atom stereocenters. The summed E-state index contributed by atoms with van der Waals surface area (Å²) in [5, 5.41) is 3.22. The van der Waals surface area contributed by atoms with E-state index in [2.05, 4.69) is 9.88 Å². The Kier molecular flexibility index (Phi) is 5.51. The molecule has 0 aliphatic heterocycles. The van der Waals surface area contributed by atoms with Crippen LogP contribution in [0, 0.1) is 0 Å². The molecule has 0 N–H and O–H groups in total. The van der Waals surface area contributed by atoms with Crippen molar-refractivity contribution in [1.82, 2.24) is 14.3 Å². The van der Waals surface area contributed by atoms with Crippen LogP contribution in [0.1, 0.15) is 11.3 Å². The molecule has 4 rings (SSSR count). The van der Waals surface area contributed by atoms with Gasteiger partial charge < -0.3 is 0 Å². The quantitative estimate of drug-likeness (QED) is 0.428. The third-order valence-corrected chi connectivity index (χ3v) is 5.83. The van der Waals surface area contributed by atoms with Gasteiger partial charge in [0.1, 0.15) is 0 Å². The summed E-state index contributed by atoms with van der Waals surface area (Å²) in [6, 6.07) is 16.9. The molecule has 0 spiro atoms. The predicted octanol–water partition coefficient (Wildman–Crippen LogP) is 5.36. The molecule has 0 saturated carbocycles. The average Bonchev–Trinajstić information content (AvgIpc) is 3.09. The summed E-state index contributed by atoms with van der Waals surface area (Å²) in [6.07, 6.45) is 0. The summed E-state index contributed by atoms with van der Waals surface area (Å²) >= 11 is 13.7. The lowest BCUT2D eigenvalue weighted by molar-refractivity contribution is 0.315. The van der Waals surface area contributed by atoms with Crippen molar-refractivity contribution in [2.24, 2.45) is 0 Å².